The summed E-state index contributed by atoms with van der Waals surface area (Å²) in [6.45, 7) is 0. The molecule has 0 atom stereocenters. The lowest BCUT2D eigenvalue weighted by molar-refractivity contribution is 0.670. The van der Waals surface area contributed by atoms with Gasteiger partial charge in [0, 0.05) is 98.6 Å². The molecule has 0 radical (unpaired) electrons. The number of hydrogen-bond acceptors (Lipinski definition) is 1. The van der Waals surface area contributed by atoms with E-state index in [1.165, 1.54) is 76.3 Å². The van der Waals surface area contributed by atoms with Crippen molar-refractivity contribution in [3.05, 3.63) is 334 Å². The Labute approximate surface area is 550 Å². The van der Waals surface area contributed by atoms with E-state index in [9.17, 15) is 0 Å². The summed E-state index contributed by atoms with van der Waals surface area (Å²) >= 11 is 0. The van der Waals surface area contributed by atoms with Gasteiger partial charge in [-0.15, -0.1) is 0 Å². The first-order valence-electron chi connectivity index (χ1n) is 33.0. The van der Waals surface area contributed by atoms with Crippen LogP contribution in [0.2, 0.25) is 0 Å². The van der Waals surface area contributed by atoms with E-state index in [0.717, 1.165) is 117 Å². The smallest absolute Gasteiger partial charge is 0.143 e. The van der Waals surface area contributed by atoms with E-state index in [1.807, 2.05) is 0 Å². The zero-order chi connectivity index (χ0) is 62.7. The fraction of sp³-hybridized carbons (Fsp3) is 0. The van der Waals surface area contributed by atoms with Gasteiger partial charge < -0.3 is 27.3 Å². The minimum Gasteiger partial charge on any atom is -0.455 e. The largest absolute Gasteiger partial charge is 0.455 e. The second-order valence-corrected chi connectivity index (χ2v) is 25.6. The van der Waals surface area contributed by atoms with Gasteiger partial charge in [-0.2, -0.15) is 0 Å². The Morgan fingerprint density at radius 2 is 0.469 bits per heavy atom. The fourth-order valence-electron chi connectivity index (χ4n) is 16.2. The van der Waals surface area contributed by atoms with Crippen LogP contribution in [0.4, 0.5) is 0 Å². The molecule has 0 saturated heterocycles. The van der Waals surface area contributed by atoms with Crippen LogP contribution in [0, 0.1) is 0 Å². The third-order valence-electron chi connectivity index (χ3n) is 20.4. The van der Waals surface area contributed by atoms with Crippen molar-refractivity contribution < 1.29 is 4.42 Å². The van der Waals surface area contributed by atoms with Crippen LogP contribution in [-0.4, -0.2) is 22.8 Å². The Morgan fingerprint density at radius 3 is 0.938 bits per heavy atom. The number of rotatable bonds is 8. The van der Waals surface area contributed by atoms with Crippen LogP contribution < -0.4 is 0 Å². The Kier molecular flexibility index (Phi) is 11.1. The normalized spacial score (nSPS) is 12.2. The number of aromatic nitrogens is 5. The molecule has 0 fully saturated rings. The number of para-hydroxylation sites is 7. The standard InChI is InChI=1S/C90H55N5O/c1-4-20-56(21-5-1)57-36-42-84-72(48-57)70-30-14-19-35-83(70)95(84)65-54-71(90-78(55-65)77-53-64(41-47-89(77)96-90)94-81-33-17-12-28-68(81)69-29-13-18-34-82(69)94)60-39-45-87-75(51-60)73-49-58(37-43-85(73)91(87)61-22-6-2-7-23-61)59-38-44-86-74(50-59)76-52-63(40-46-88(76)92(86)62-24-8-3-9-25-62)93-79-31-15-10-26-66(79)67-27-11-16-32-80(67)93/h1-55H. The molecule has 0 aliphatic heterocycles. The predicted molar refractivity (Wildman–Crippen MR) is 402 cm³/mol. The first-order valence-corrected chi connectivity index (χ1v) is 33.0. The highest BCUT2D eigenvalue weighted by molar-refractivity contribution is 6.18. The van der Waals surface area contributed by atoms with Crippen molar-refractivity contribution in [2.24, 2.45) is 0 Å². The van der Waals surface area contributed by atoms with Crippen LogP contribution in [0.5, 0.6) is 0 Å². The second-order valence-electron chi connectivity index (χ2n) is 25.6. The molecule has 6 heteroatoms. The van der Waals surface area contributed by atoms with Crippen LogP contribution in [0.25, 0.3) is 193 Å². The van der Waals surface area contributed by atoms with Crippen molar-refractivity contribution in [2.75, 3.05) is 0 Å². The van der Waals surface area contributed by atoms with Gasteiger partial charge in [-0.3, -0.25) is 0 Å². The maximum Gasteiger partial charge on any atom is 0.143 e. The van der Waals surface area contributed by atoms with Gasteiger partial charge in [-0.05, 0) is 179 Å². The summed E-state index contributed by atoms with van der Waals surface area (Å²) in [4.78, 5) is 0. The van der Waals surface area contributed by atoms with Gasteiger partial charge in [0.2, 0.25) is 0 Å². The van der Waals surface area contributed by atoms with Crippen LogP contribution in [0.3, 0.4) is 0 Å². The van der Waals surface area contributed by atoms with Crippen molar-refractivity contribution in [1.29, 1.82) is 0 Å². The molecular formula is C90H55N5O. The third kappa shape index (κ3) is 7.69. The maximum absolute atomic E-state index is 7.28. The lowest BCUT2D eigenvalue weighted by atomic mass is 9.97. The number of nitrogens with zero attached hydrogens (tertiary/aromatic N) is 5. The number of furan rings is 1. The van der Waals surface area contributed by atoms with E-state index in [-0.39, 0.29) is 0 Å². The van der Waals surface area contributed by atoms with Crippen molar-refractivity contribution in [3.8, 4) is 61.8 Å². The fourth-order valence-corrected chi connectivity index (χ4v) is 16.2. The molecule has 15 aromatic carbocycles. The topological polar surface area (TPSA) is 37.8 Å². The molecule has 6 aromatic heterocycles. The van der Waals surface area contributed by atoms with Gasteiger partial charge in [0.25, 0.3) is 0 Å². The molecule has 6 nitrogen and oxygen atoms in total. The zero-order valence-electron chi connectivity index (χ0n) is 51.9. The minimum atomic E-state index is 0.834. The molecule has 0 aliphatic carbocycles. The molecule has 0 aliphatic rings. The number of benzene rings is 15. The molecule has 0 saturated carbocycles. The van der Waals surface area contributed by atoms with E-state index < -0.39 is 0 Å². The third-order valence-corrected chi connectivity index (χ3v) is 20.4. The molecule has 0 unspecified atom stereocenters. The monoisotopic (exact) mass is 1220 g/mol. The quantitative estimate of drug-likeness (QED) is 0.149. The van der Waals surface area contributed by atoms with E-state index in [4.69, 9.17) is 4.42 Å². The minimum absolute atomic E-state index is 0.834. The maximum atomic E-state index is 7.28. The molecule has 0 bridgehead atoms. The van der Waals surface area contributed by atoms with E-state index >= 15 is 0 Å². The second kappa shape index (κ2) is 20.3. The summed E-state index contributed by atoms with van der Waals surface area (Å²) in [6, 6.07) is 123. The number of fused-ring (bicyclic) bond motifs is 18. The van der Waals surface area contributed by atoms with Crippen molar-refractivity contribution in [2.45, 2.75) is 0 Å². The molecule has 21 rings (SSSR count). The van der Waals surface area contributed by atoms with Gasteiger partial charge in [0.1, 0.15) is 11.2 Å². The lowest BCUT2D eigenvalue weighted by Crippen LogP contribution is -1.96. The molecule has 0 spiro atoms. The van der Waals surface area contributed by atoms with Crippen LogP contribution >= 0.6 is 0 Å². The summed E-state index contributed by atoms with van der Waals surface area (Å²) in [5.41, 5.74) is 25.5. The molecule has 0 amide bonds. The summed E-state index contributed by atoms with van der Waals surface area (Å²) in [7, 11) is 0. The van der Waals surface area contributed by atoms with Crippen molar-refractivity contribution in [1.82, 2.24) is 22.8 Å². The van der Waals surface area contributed by atoms with Crippen LogP contribution in [0.1, 0.15) is 0 Å². The summed E-state index contributed by atoms with van der Waals surface area (Å²) in [6.07, 6.45) is 0. The van der Waals surface area contributed by atoms with Crippen molar-refractivity contribution in [3.63, 3.8) is 0 Å². The molecule has 96 heavy (non-hydrogen) atoms. The molecular weight excluding hydrogens is 1170 g/mol. The van der Waals surface area contributed by atoms with Gasteiger partial charge in [-0.1, -0.05) is 182 Å². The van der Waals surface area contributed by atoms with E-state index in [0.29, 0.717) is 0 Å². The first kappa shape index (κ1) is 52.7. The summed E-state index contributed by atoms with van der Waals surface area (Å²) < 4.78 is 19.4. The number of hydrogen-bond donors (Lipinski definition) is 0. The Bertz CT molecular complexity index is 6710. The Hall–Kier alpha value is -12.9. The Morgan fingerprint density at radius 1 is 0.167 bits per heavy atom. The average molecular weight is 1220 g/mol. The Balaban J connectivity index is 0.791. The first-order chi connectivity index (χ1) is 47.6. The summed E-state index contributed by atoms with van der Waals surface area (Å²) in [5, 5.41) is 14.2. The van der Waals surface area contributed by atoms with Gasteiger partial charge in [-0.25, -0.2) is 0 Å². The predicted octanol–water partition coefficient (Wildman–Crippen LogP) is 24.1. The van der Waals surface area contributed by atoms with Gasteiger partial charge in [0.05, 0.1) is 55.2 Å². The van der Waals surface area contributed by atoms with Crippen molar-refractivity contribution >= 4 is 131 Å². The lowest BCUT2D eigenvalue weighted by Gasteiger charge is -2.13. The average Bonchev–Trinajstić information content (AvgIpc) is 1.57. The molecule has 6 heterocycles. The van der Waals surface area contributed by atoms with Crippen LogP contribution in [-0.2, 0) is 0 Å². The molecule has 446 valence electrons. The molecule has 21 aromatic rings. The van der Waals surface area contributed by atoms with Crippen LogP contribution in [0.15, 0.2) is 338 Å². The highest BCUT2D eigenvalue weighted by Gasteiger charge is 2.24. The van der Waals surface area contributed by atoms with Gasteiger partial charge in [0.15, 0.2) is 0 Å². The van der Waals surface area contributed by atoms with E-state index in [1.54, 1.807) is 0 Å². The molecule has 0 N–H and O–H groups in total. The van der Waals surface area contributed by atoms with E-state index in [2.05, 4.69) is 356 Å². The van der Waals surface area contributed by atoms with Gasteiger partial charge >= 0.3 is 0 Å². The summed E-state index contributed by atoms with van der Waals surface area (Å²) in [5.74, 6) is 0. The zero-order valence-corrected chi connectivity index (χ0v) is 51.9. The highest BCUT2D eigenvalue weighted by Crippen LogP contribution is 2.46. The SMILES string of the molecule is c1ccc(-c2ccc3c(c2)c2ccccc2n3-c2cc(-c3ccc4c(c3)c3cc(-c5ccc6c(c5)c5cc(-n7c8ccccc8c8ccccc87)ccc5n6-c5ccccc5)ccc3n4-c3ccccc3)c3oc4ccc(-n5c6ccccc6c6ccccc65)cc4c3c2)cc1. The highest BCUT2D eigenvalue weighted by atomic mass is 16.3.